The number of rotatable bonds is 4. The maximum atomic E-state index is 13.3. The van der Waals surface area contributed by atoms with E-state index >= 15 is 0 Å². The van der Waals surface area contributed by atoms with Crippen molar-refractivity contribution in [2.24, 2.45) is 5.92 Å². The molecule has 29 heavy (non-hydrogen) atoms. The van der Waals surface area contributed by atoms with E-state index in [1.165, 1.54) is 12.1 Å². The van der Waals surface area contributed by atoms with Crippen LogP contribution in [0.15, 0.2) is 36.7 Å². The molecule has 0 radical (unpaired) electrons. The zero-order chi connectivity index (χ0) is 20.4. The van der Waals surface area contributed by atoms with Crippen LogP contribution in [0.25, 0.3) is 0 Å². The van der Waals surface area contributed by atoms with Crippen molar-refractivity contribution in [3.8, 4) is 0 Å². The van der Waals surface area contributed by atoms with Crippen molar-refractivity contribution in [1.29, 1.82) is 0 Å². The Morgan fingerprint density at radius 2 is 1.93 bits per heavy atom. The lowest BCUT2D eigenvalue weighted by atomic mass is 9.81. The molecule has 0 bridgehead atoms. The monoisotopic (exact) mass is 397 g/mol. The molecule has 1 aromatic heterocycles. The number of nitrogens with one attached hydrogen (secondary N) is 2. The van der Waals surface area contributed by atoms with Crippen LogP contribution >= 0.6 is 0 Å². The van der Waals surface area contributed by atoms with Gasteiger partial charge < -0.3 is 4.90 Å². The van der Waals surface area contributed by atoms with Gasteiger partial charge in [0.15, 0.2) is 0 Å². The van der Waals surface area contributed by atoms with E-state index in [-0.39, 0.29) is 29.6 Å². The third-order valence-corrected chi connectivity index (χ3v) is 6.01. The molecule has 4 rings (SSSR count). The molecule has 2 aliphatic rings. The van der Waals surface area contributed by atoms with Crippen LogP contribution in [0.4, 0.5) is 4.39 Å². The Morgan fingerprint density at radius 3 is 2.62 bits per heavy atom. The summed E-state index contributed by atoms with van der Waals surface area (Å²) >= 11 is 0. The summed E-state index contributed by atoms with van der Waals surface area (Å²) in [6.07, 6.45) is 5.31. The first-order valence-electron chi connectivity index (χ1n) is 10.4. The number of carbonyl (C=O) groups is 1. The largest absolute Gasteiger partial charge is 0.338 e. The van der Waals surface area contributed by atoms with Gasteiger partial charge in [0.05, 0.1) is 5.56 Å². The number of hydrogen-bond acceptors (Lipinski definition) is 5. The number of nitrogens with zero attached hydrogens (tertiary/aromatic N) is 3. The summed E-state index contributed by atoms with van der Waals surface area (Å²) in [5.74, 6) is 1.35. The molecule has 6 nitrogen and oxygen atoms in total. The van der Waals surface area contributed by atoms with Crippen LogP contribution in [-0.4, -0.2) is 46.5 Å². The molecule has 0 saturated carbocycles. The lowest BCUT2D eigenvalue weighted by molar-refractivity contribution is 0.0643. The van der Waals surface area contributed by atoms with Gasteiger partial charge in [0, 0.05) is 49.9 Å². The Labute approximate surface area is 170 Å². The van der Waals surface area contributed by atoms with Crippen LogP contribution < -0.4 is 10.9 Å². The summed E-state index contributed by atoms with van der Waals surface area (Å²) in [7, 11) is 0. The van der Waals surface area contributed by atoms with Gasteiger partial charge in [-0.3, -0.25) is 15.6 Å². The maximum absolute atomic E-state index is 13.3. The molecule has 3 atom stereocenters. The zero-order valence-corrected chi connectivity index (χ0v) is 16.9. The van der Waals surface area contributed by atoms with E-state index in [1.54, 1.807) is 12.4 Å². The number of amides is 1. The van der Waals surface area contributed by atoms with Gasteiger partial charge in [0.2, 0.25) is 0 Å². The molecule has 2 saturated heterocycles. The summed E-state index contributed by atoms with van der Waals surface area (Å²) in [6, 6.07) is 6.96. The molecule has 2 N–H and O–H groups in total. The van der Waals surface area contributed by atoms with Gasteiger partial charge in [-0.2, -0.15) is 0 Å². The highest BCUT2D eigenvalue weighted by molar-refractivity contribution is 5.93. The SMILES string of the molecule is CC(C)c1ncc(C(=O)N2CCCC(C3NNCC3c3ccc(F)cc3)C2)cn1. The van der Waals surface area contributed by atoms with Crippen molar-refractivity contribution in [1.82, 2.24) is 25.7 Å². The fourth-order valence-corrected chi connectivity index (χ4v) is 4.41. The predicted molar refractivity (Wildman–Crippen MR) is 109 cm³/mol. The zero-order valence-electron chi connectivity index (χ0n) is 16.9. The maximum Gasteiger partial charge on any atom is 0.257 e. The summed E-state index contributed by atoms with van der Waals surface area (Å²) in [5.41, 5.74) is 8.32. The average Bonchev–Trinajstić information content (AvgIpc) is 3.24. The Morgan fingerprint density at radius 1 is 1.21 bits per heavy atom. The number of piperidine rings is 1. The van der Waals surface area contributed by atoms with Crippen LogP contribution in [0.5, 0.6) is 0 Å². The van der Waals surface area contributed by atoms with E-state index in [0.29, 0.717) is 18.0 Å². The van der Waals surface area contributed by atoms with E-state index in [4.69, 9.17) is 0 Å². The molecular formula is C22H28FN5O. The number of aromatic nitrogens is 2. The Kier molecular flexibility index (Phi) is 5.87. The van der Waals surface area contributed by atoms with Gasteiger partial charge in [0.1, 0.15) is 11.6 Å². The first-order chi connectivity index (χ1) is 14.0. The van der Waals surface area contributed by atoms with Crippen molar-refractivity contribution in [2.75, 3.05) is 19.6 Å². The fraction of sp³-hybridized carbons (Fsp3) is 0.500. The second-order valence-corrected chi connectivity index (χ2v) is 8.35. The van der Waals surface area contributed by atoms with Crippen LogP contribution in [0.3, 0.4) is 0 Å². The highest BCUT2D eigenvalue weighted by atomic mass is 19.1. The van der Waals surface area contributed by atoms with Gasteiger partial charge in [-0.15, -0.1) is 0 Å². The quantitative estimate of drug-likeness (QED) is 0.830. The summed E-state index contributed by atoms with van der Waals surface area (Å²) in [5, 5.41) is 0. The smallest absolute Gasteiger partial charge is 0.257 e. The third-order valence-electron chi connectivity index (χ3n) is 6.01. The summed E-state index contributed by atoms with van der Waals surface area (Å²) in [4.78, 5) is 23.6. The lowest BCUT2D eigenvalue weighted by Gasteiger charge is -2.37. The number of hydrazine groups is 1. The van der Waals surface area contributed by atoms with Gasteiger partial charge in [-0.05, 0) is 36.5 Å². The van der Waals surface area contributed by atoms with Crippen LogP contribution in [0.1, 0.15) is 60.3 Å². The molecule has 2 fully saturated rings. The van der Waals surface area contributed by atoms with Gasteiger partial charge in [-0.1, -0.05) is 26.0 Å². The van der Waals surface area contributed by atoms with Crippen molar-refractivity contribution >= 4 is 5.91 Å². The molecule has 1 aromatic carbocycles. The Balaban J connectivity index is 1.46. The van der Waals surface area contributed by atoms with Crippen molar-refractivity contribution in [3.63, 3.8) is 0 Å². The van der Waals surface area contributed by atoms with Gasteiger partial charge >= 0.3 is 0 Å². The number of hydrogen-bond donors (Lipinski definition) is 2. The molecule has 3 unspecified atom stereocenters. The molecule has 0 spiro atoms. The van der Waals surface area contributed by atoms with E-state index < -0.39 is 0 Å². The molecule has 2 aromatic rings. The van der Waals surface area contributed by atoms with Crippen LogP contribution in [-0.2, 0) is 0 Å². The minimum absolute atomic E-state index is 0.00528. The van der Waals surface area contributed by atoms with Gasteiger partial charge in [-0.25, -0.2) is 14.4 Å². The fourth-order valence-electron chi connectivity index (χ4n) is 4.41. The Hall–Kier alpha value is -2.38. The first kappa shape index (κ1) is 19.9. The van der Waals surface area contributed by atoms with Crippen LogP contribution in [0.2, 0.25) is 0 Å². The van der Waals surface area contributed by atoms with E-state index in [1.807, 2.05) is 30.9 Å². The normalized spacial score (nSPS) is 24.8. The van der Waals surface area contributed by atoms with E-state index in [2.05, 4.69) is 20.8 Å². The highest BCUT2D eigenvalue weighted by Crippen LogP contribution is 2.32. The standard InChI is InChI=1S/C22H28FN5O/c1-14(2)21-24-10-17(11-25-21)22(29)28-9-3-4-16(13-28)20-19(12-26-27-20)15-5-7-18(23)8-6-15/h5-8,10-11,14,16,19-20,26-27H,3-4,9,12-13H2,1-2H3. The topological polar surface area (TPSA) is 70.2 Å². The molecule has 154 valence electrons. The summed E-state index contributed by atoms with van der Waals surface area (Å²) < 4.78 is 13.3. The summed E-state index contributed by atoms with van der Waals surface area (Å²) in [6.45, 7) is 6.31. The highest BCUT2D eigenvalue weighted by Gasteiger charge is 2.37. The molecule has 7 heteroatoms. The number of benzene rings is 1. The first-order valence-corrected chi connectivity index (χ1v) is 10.4. The lowest BCUT2D eigenvalue weighted by Crippen LogP contribution is -2.48. The molecular weight excluding hydrogens is 369 g/mol. The average molecular weight is 397 g/mol. The second-order valence-electron chi connectivity index (χ2n) is 8.35. The molecule has 1 amide bonds. The predicted octanol–water partition coefficient (Wildman–Crippen LogP) is 2.85. The third kappa shape index (κ3) is 4.31. The molecule has 2 aliphatic heterocycles. The van der Waals surface area contributed by atoms with Gasteiger partial charge in [0.25, 0.3) is 5.91 Å². The number of carbonyl (C=O) groups excluding carboxylic acids is 1. The van der Waals surface area contributed by atoms with Crippen molar-refractivity contribution in [3.05, 3.63) is 59.4 Å². The van der Waals surface area contributed by atoms with E-state index in [0.717, 1.165) is 37.3 Å². The second kappa shape index (κ2) is 8.55. The van der Waals surface area contributed by atoms with Crippen LogP contribution in [0, 0.1) is 11.7 Å². The van der Waals surface area contributed by atoms with E-state index in [9.17, 15) is 9.18 Å². The number of halogens is 1. The Bertz CT molecular complexity index is 839. The number of likely N-dealkylation sites (tertiary alicyclic amines) is 1. The minimum Gasteiger partial charge on any atom is -0.338 e. The molecule has 0 aliphatic carbocycles. The minimum atomic E-state index is -0.218. The molecule has 3 heterocycles. The van der Waals surface area contributed by atoms with Crippen molar-refractivity contribution in [2.45, 2.75) is 44.6 Å². The van der Waals surface area contributed by atoms with Crippen molar-refractivity contribution < 1.29 is 9.18 Å².